The Labute approximate surface area is 180 Å². The zero-order valence-electron chi connectivity index (χ0n) is 17.3. The Morgan fingerprint density at radius 1 is 1.00 bits per heavy atom. The van der Waals surface area contributed by atoms with Crippen LogP contribution in [0.4, 0.5) is 4.79 Å². The summed E-state index contributed by atoms with van der Waals surface area (Å²) >= 11 is 0. The van der Waals surface area contributed by atoms with Gasteiger partial charge in [-0.1, -0.05) is 36.4 Å². The summed E-state index contributed by atoms with van der Waals surface area (Å²) in [7, 11) is -3.88. The van der Waals surface area contributed by atoms with Crippen molar-refractivity contribution < 1.29 is 22.7 Å². The zero-order chi connectivity index (χ0) is 22.6. The Bertz CT molecular complexity index is 1240. The largest absolute Gasteiger partial charge is 0.443 e. The van der Waals surface area contributed by atoms with Crippen molar-refractivity contribution in [3.63, 3.8) is 0 Å². The standard InChI is InChI=1S/C22H23N3O5S/c1-22(2,3)30-21(27)25-15-16(18-11-7-8-12-19(18)25)13-14-20(26)23-24-31(28,29)17-9-5-4-6-10-17/h4-15,24H,1-3H3,(H,23,26)/b14-13+. The molecule has 3 aromatic rings. The molecule has 9 heteroatoms. The Balaban J connectivity index is 1.77. The first kappa shape index (κ1) is 22.3. The van der Waals surface area contributed by atoms with E-state index in [0.29, 0.717) is 11.1 Å². The number of rotatable bonds is 5. The summed E-state index contributed by atoms with van der Waals surface area (Å²) in [5.74, 6) is -0.673. The maximum absolute atomic E-state index is 12.5. The van der Waals surface area contributed by atoms with Crippen LogP contribution in [0.15, 0.2) is 71.8 Å². The first-order valence-electron chi connectivity index (χ1n) is 9.45. The second-order valence-corrected chi connectivity index (χ2v) is 9.38. The summed E-state index contributed by atoms with van der Waals surface area (Å²) in [6.07, 6.45) is 3.70. The predicted molar refractivity (Wildman–Crippen MR) is 118 cm³/mol. The Hall–Kier alpha value is -3.43. The van der Waals surface area contributed by atoms with Crippen LogP contribution in [0.3, 0.4) is 0 Å². The number of hydrogen-bond acceptors (Lipinski definition) is 5. The first-order valence-corrected chi connectivity index (χ1v) is 10.9. The van der Waals surface area contributed by atoms with Gasteiger partial charge in [0.25, 0.3) is 15.9 Å². The van der Waals surface area contributed by atoms with Crippen LogP contribution in [-0.4, -0.2) is 30.6 Å². The molecule has 31 heavy (non-hydrogen) atoms. The van der Waals surface area contributed by atoms with Crippen LogP contribution in [0.1, 0.15) is 26.3 Å². The predicted octanol–water partition coefficient (Wildman–Crippen LogP) is 3.45. The maximum Gasteiger partial charge on any atom is 0.419 e. The van der Waals surface area contributed by atoms with Crippen LogP contribution in [0.2, 0.25) is 0 Å². The Morgan fingerprint density at radius 2 is 1.65 bits per heavy atom. The number of aromatic nitrogens is 1. The van der Waals surface area contributed by atoms with Crippen LogP contribution < -0.4 is 10.3 Å². The van der Waals surface area contributed by atoms with Gasteiger partial charge in [0.1, 0.15) is 5.60 Å². The molecular weight excluding hydrogens is 418 g/mol. The molecule has 0 unspecified atom stereocenters. The average molecular weight is 442 g/mol. The van der Waals surface area contributed by atoms with Crippen molar-refractivity contribution in [2.24, 2.45) is 0 Å². The lowest BCUT2D eigenvalue weighted by Gasteiger charge is -2.19. The molecule has 162 valence electrons. The minimum absolute atomic E-state index is 0.0275. The number of para-hydroxylation sites is 1. The quantitative estimate of drug-likeness (QED) is 0.466. The van der Waals surface area contributed by atoms with Gasteiger partial charge in [0.2, 0.25) is 0 Å². The molecule has 1 amide bonds. The number of fused-ring (bicyclic) bond motifs is 1. The van der Waals surface area contributed by atoms with Gasteiger partial charge in [-0.3, -0.25) is 14.8 Å². The van der Waals surface area contributed by atoms with Crippen molar-refractivity contribution in [3.8, 4) is 0 Å². The fourth-order valence-electron chi connectivity index (χ4n) is 2.78. The smallest absolute Gasteiger partial charge is 0.419 e. The highest BCUT2D eigenvalue weighted by Crippen LogP contribution is 2.23. The summed E-state index contributed by atoms with van der Waals surface area (Å²) in [6.45, 7) is 5.33. The van der Waals surface area contributed by atoms with Crippen molar-refractivity contribution >= 4 is 39.0 Å². The molecule has 0 aliphatic carbocycles. The molecule has 0 spiro atoms. The molecule has 2 aromatic carbocycles. The molecule has 8 nitrogen and oxygen atoms in total. The van der Waals surface area contributed by atoms with Crippen LogP contribution in [0.25, 0.3) is 17.0 Å². The number of benzene rings is 2. The number of carbonyl (C=O) groups is 2. The van der Waals surface area contributed by atoms with E-state index in [0.717, 1.165) is 5.39 Å². The summed E-state index contributed by atoms with van der Waals surface area (Å²) in [5.41, 5.74) is 2.71. The Kier molecular flexibility index (Phi) is 6.28. The minimum atomic E-state index is -3.88. The number of sulfonamides is 1. The fourth-order valence-corrected chi connectivity index (χ4v) is 3.65. The number of ether oxygens (including phenoxy) is 1. The number of carbonyl (C=O) groups excluding carboxylic acids is 2. The molecule has 2 N–H and O–H groups in total. The summed E-state index contributed by atoms with van der Waals surface area (Å²) in [6, 6.07) is 14.9. The van der Waals surface area contributed by atoms with Gasteiger partial charge in [0, 0.05) is 23.2 Å². The molecule has 1 heterocycles. The topological polar surface area (TPSA) is 106 Å². The van der Waals surface area contributed by atoms with E-state index < -0.39 is 27.6 Å². The molecule has 0 radical (unpaired) electrons. The average Bonchev–Trinajstić information content (AvgIpc) is 3.09. The lowest BCUT2D eigenvalue weighted by Crippen LogP contribution is -2.40. The van der Waals surface area contributed by atoms with Gasteiger partial charge in [0.05, 0.1) is 10.4 Å². The van der Waals surface area contributed by atoms with Crippen LogP contribution >= 0.6 is 0 Å². The van der Waals surface area contributed by atoms with Gasteiger partial charge < -0.3 is 4.74 Å². The number of hydrogen-bond donors (Lipinski definition) is 2. The third-order valence-corrected chi connectivity index (χ3v) is 5.37. The highest BCUT2D eigenvalue weighted by molar-refractivity contribution is 7.89. The molecule has 0 fully saturated rings. The zero-order valence-corrected chi connectivity index (χ0v) is 18.1. The molecule has 0 saturated heterocycles. The van der Waals surface area contributed by atoms with E-state index in [-0.39, 0.29) is 4.90 Å². The summed E-state index contributed by atoms with van der Waals surface area (Å²) < 4.78 is 31.2. The molecule has 0 bridgehead atoms. The van der Waals surface area contributed by atoms with Gasteiger partial charge in [0.15, 0.2) is 0 Å². The van der Waals surface area contributed by atoms with Gasteiger partial charge >= 0.3 is 6.09 Å². The lowest BCUT2D eigenvalue weighted by atomic mass is 10.1. The second kappa shape index (κ2) is 8.75. The lowest BCUT2D eigenvalue weighted by molar-refractivity contribution is -0.116. The molecule has 0 aliphatic heterocycles. The van der Waals surface area contributed by atoms with E-state index in [9.17, 15) is 18.0 Å². The number of nitrogens with zero attached hydrogens (tertiary/aromatic N) is 1. The summed E-state index contributed by atoms with van der Waals surface area (Å²) in [4.78, 5) is 26.7. The van der Waals surface area contributed by atoms with E-state index >= 15 is 0 Å². The van der Waals surface area contributed by atoms with Crippen molar-refractivity contribution in [1.29, 1.82) is 0 Å². The normalized spacial score (nSPS) is 12.2. The first-order chi connectivity index (χ1) is 14.6. The fraction of sp³-hybridized carbons (Fsp3) is 0.182. The van der Waals surface area contributed by atoms with Gasteiger partial charge in [-0.2, -0.15) is 0 Å². The third kappa shape index (κ3) is 5.59. The number of amides is 1. The molecule has 1 aromatic heterocycles. The van der Waals surface area contributed by atoms with Gasteiger partial charge in [-0.05, 0) is 45.0 Å². The van der Waals surface area contributed by atoms with Gasteiger partial charge in [-0.25, -0.2) is 13.2 Å². The van der Waals surface area contributed by atoms with Crippen LogP contribution in [0, 0.1) is 0 Å². The minimum Gasteiger partial charge on any atom is -0.443 e. The second-order valence-electron chi connectivity index (χ2n) is 7.69. The van der Waals surface area contributed by atoms with E-state index in [1.165, 1.54) is 28.9 Å². The molecule has 0 saturated carbocycles. The molecule has 0 atom stereocenters. The van der Waals surface area contributed by atoms with Crippen molar-refractivity contribution in [2.75, 3.05) is 0 Å². The van der Waals surface area contributed by atoms with Gasteiger partial charge in [-0.15, -0.1) is 4.83 Å². The monoisotopic (exact) mass is 441 g/mol. The molecule has 3 rings (SSSR count). The number of nitrogens with one attached hydrogen (secondary N) is 2. The molecular formula is C22H23N3O5S. The highest BCUT2D eigenvalue weighted by atomic mass is 32.2. The van der Waals surface area contributed by atoms with Crippen LogP contribution in [-0.2, 0) is 19.6 Å². The SMILES string of the molecule is CC(C)(C)OC(=O)n1cc(/C=C/C(=O)NNS(=O)(=O)c2ccccc2)c2ccccc21. The van der Waals surface area contributed by atoms with Crippen molar-refractivity contribution in [2.45, 2.75) is 31.3 Å². The maximum atomic E-state index is 12.5. The molecule has 0 aliphatic rings. The van der Waals surface area contributed by atoms with Crippen LogP contribution in [0.5, 0.6) is 0 Å². The Morgan fingerprint density at radius 3 is 2.32 bits per heavy atom. The van der Waals surface area contributed by atoms with E-state index in [2.05, 4.69) is 5.43 Å². The summed E-state index contributed by atoms with van der Waals surface area (Å²) in [5, 5.41) is 0.738. The van der Waals surface area contributed by atoms with Crippen molar-refractivity contribution in [1.82, 2.24) is 14.8 Å². The van der Waals surface area contributed by atoms with E-state index in [4.69, 9.17) is 4.74 Å². The number of hydrazine groups is 1. The van der Waals surface area contributed by atoms with Crippen molar-refractivity contribution in [3.05, 3.63) is 72.4 Å². The van der Waals surface area contributed by atoms with E-state index in [1.54, 1.807) is 57.3 Å². The van der Waals surface area contributed by atoms with E-state index in [1.807, 2.05) is 17.0 Å². The third-order valence-electron chi connectivity index (χ3n) is 4.11. The highest BCUT2D eigenvalue weighted by Gasteiger charge is 2.20.